The molecule has 0 atom stereocenters. The van der Waals surface area contributed by atoms with Gasteiger partial charge in [0.05, 0.1) is 11.1 Å². The van der Waals surface area contributed by atoms with Crippen LogP contribution < -0.4 is 4.74 Å². The van der Waals surface area contributed by atoms with Crippen LogP contribution in [0.25, 0.3) is 10.9 Å². The number of fused-ring (bicyclic) bond motifs is 1. The van der Waals surface area contributed by atoms with Crippen LogP contribution in [0.5, 0.6) is 11.5 Å². The molecule has 6 heteroatoms. The fourth-order valence-corrected chi connectivity index (χ4v) is 2.15. The second-order valence-corrected chi connectivity index (χ2v) is 4.73. The molecule has 3 nitrogen and oxygen atoms in total. The third-order valence-corrected chi connectivity index (χ3v) is 3.18. The summed E-state index contributed by atoms with van der Waals surface area (Å²) >= 11 is 0. The molecule has 3 rings (SSSR count). The van der Waals surface area contributed by atoms with Gasteiger partial charge in [-0.15, -0.1) is 0 Å². The monoisotopic (exact) mass is 314 g/mol. The molecule has 0 unspecified atom stereocenters. The van der Waals surface area contributed by atoms with Crippen molar-refractivity contribution in [1.82, 2.24) is 4.98 Å². The Labute approximate surface area is 129 Å². The van der Waals surface area contributed by atoms with Gasteiger partial charge in [0.15, 0.2) is 0 Å². The summed E-state index contributed by atoms with van der Waals surface area (Å²) in [5.74, 6) is 0.404. The lowest BCUT2D eigenvalue weighted by Crippen LogP contribution is -2.09. The summed E-state index contributed by atoms with van der Waals surface area (Å²) in [5, 5.41) is 9.45. The predicted molar refractivity (Wildman–Crippen MR) is 78.0 cm³/mol. The highest BCUT2D eigenvalue weighted by molar-refractivity contribution is 5.89. The zero-order valence-corrected chi connectivity index (χ0v) is 11.6. The maximum atomic E-state index is 13.1. The predicted octanol–water partition coefficient (Wildman–Crippen LogP) is 4.92. The molecule has 0 aliphatic rings. The Bertz CT molecular complexity index is 899. The second kappa shape index (κ2) is 5.61. The molecular formula is C17H9F3N2O. The van der Waals surface area contributed by atoms with Crippen LogP contribution in [0.2, 0.25) is 0 Å². The molecule has 1 heterocycles. The molecule has 0 saturated heterocycles. The van der Waals surface area contributed by atoms with Gasteiger partial charge < -0.3 is 4.74 Å². The van der Waals surface area contributed by atoms with Crippen molar-refractivity contribution in [2.45, 2.75) is 6.18 Å². The fraction of sp³-hybridized carbons (Fsp3) is 0.0588. The Morgan fingerprint density at radius 1 is 1.00 bits per heavy atom. The van der Waals surface area contributed by atoms with Crippen molar-refractivity contribution in [3.63, 3.8) is 0 Å². The van der Waals surface area contributed by atoms with E-state index in [9.17, 15) is 13.2 Å². The number of pyridine rings is 1. The normalized spacial score (nSPS) is 11.2. The van der Waals surface area contributed by atoms with Crippen LogP contribution >= 0.6 is 0 Å². The van der Waals surface area contributed by atoms with E-state index in [1.807, 2.05) is 6.07 Å². The lowest BCUT2D eigenvalue weighted by molar-refractivity contribution is -0.141. The molecule has 0 radical (unpaired) electrons. The highest BCUT2D eigenvalue weighted by atomic mass is 19.4. The van der Waals surface area contributed by atoms with Crippen LogP contribution in [0.3, 0.4) is 0 Å². The molecule has 0 bridgehead atoms. The van der Waals surface area contributed by atoms with Crippen molar-refractivity contribution in [1.29, 1.82) is 5.26 Å². The maximum Gasteiger partial charge on any atom is 0.433 e. The van der Waals surface area contributed by atoms with Crippen LogP contribution in [0, 0.1) is 11.3 Å². The topological polar surface area (TPSA) is 45.9 Å². The molecule has 23 heavy (non-hydrogen) atoms. The van der Waals surface area contributed by atoms with E-state index in [2.05, 4.69) is 4.98 Å². The molecule has 1 aromatic heterocycles. The number of alkyl halides is 3. The Morgan fingerprint density at radius 2 is 1.74 bits per heavy atom. The Hall–Kier alpha value is -3.07. The van der Waals surface area contributed by atoms with E-state index in [1.165, 1.54) is 6.07 Å². The van der Waals surface area contributed by atoms with Gasteiger partial charge in [0.2, 0.25) is 0 Å². The minimum Gasteiger partial charge on any atom is -0.457 e. The number of hydrogen-bond acceptors (Lipinski definition) is 3. The average molecular weight is 314 g/mol. The summed E-state index contributed by atoms with van der Waals surface area (Å²) in [6.07, 6.45) is -4.63. The van der Waals surface area contributed by atoms with Crippen LogP contribution in [0.1, 0.15) is 11.3 Å². The van der Waals surface area contributed by atoms with E-state index < -0.39 is 11.9 Å². The van der Waals surface area contributed by atoms with Crippen LogP contribution in [0.4, 0.5) is 13.2 Å². The van der Waals surface area contributed by atoms with Gasteiger partial charge in [-0.2, -0.15) is 18.4 Å². The zero-order chi connectivity index (χ0) is 16.4. The largest absolute Gasteiger partial charge is 0.457 e. The molecule has 3 aromatic rings. The Morgan fingerprint density at radius 3 is 2.39 bits per heavy atom. The molecular weight excluding hydrogens is 305 g/mol. The zero-order valence-electron chi connectivity index (χ0n) is 11.6. The summed E-state index contributed by atoms with van der Waals surface area (Å²) in [6, 6.07) is 15.7. The number of para-hydroxylation sites is 2. The summed E-state index contributed by atoms with van der Waals surface area (Å²) in [7, 11) is 0. The number of halogens is 3. The first kappa shape index (κ1) is 14.9. The van der Waals surface area contributed by atoms with Gasteiger partial charge in [-0.25, -0.2) is 4.98 Å². The molecule has 2 aromatic carbocycles. The summed E-state index contributed by atoms with van der Waals surface area (Å²) in [6.45, 7) is 0. The van der Waals surface area contributed by atoms with Gasteiger partial charge in [-0.3, -0.25) is 0 Å². The summed E-state index contributed by atoms with van der Waals surface area (Å²) in [5.41, 5.74) is -1.07. The summed E-state index contributed by atoms with van der Waals surface area (Å²) < 4.78 is 44.8. The maximum absolute atomic E-state index is 13.1. The van der Waals surface area contributed by atoms with E-state index in [0.29, 0.717) is 11.1 Å². The van der Waals surface area contributed by atoms with Crippen LogP contribution in [-0.2, 0) is 6.18 Å². The number of ether oxygens (including phenoxy) is 1. The molecule has 0 aliphatic heterocycles. The first-order chi connectivity index (χ1) is 11.0. The first-order valence-corrected chi connectivity index (χ1v) is 6.63. The number of nitriles is 1. The fourth-order valence-electron chi connectivity index (χ4n) is 2.15. The van der Waals surface area contributed by atoms with Crippen LogP contribution in [0.15, 0.2) is 54.6 Å². The molecule has 114 valence electrons. The van der Waals surface area contributed by atoms with Crippen LogP contribution in [-0.4, -0.2) is 4.98 Å². The third-order valence-electron chi connectivity index (χ3n) is 3.18. The Balaban J connectivity index is 2.25. The van der Waals surface area contributed by atoms with Gasteiger partial charge in [-0.1, -0.05) is 24.3 Å². The molecule has 0 spiro atoms. The van der Waals surface area contributed by atoms with E-state index >= 15 is 0 Å². The van der Waals surface area contributed by atoms with Gasteiger partial charge in [0, 0.05) is 11.5 Å². The standard InChI is InChI=1S/C17H9F3N2O/c18-17(19,20)15-9-14(23-12-6-2-1-3-7-12)13-8-4-5-11(10-21)16(13)22-15/h1-9H. The van der Waals surface area contributed by atoms with Gasteiger partial charge in [0.1, 0.15) is 23.3 Å². The summed E-state index contributed by atoms with van der Waals surface area (Å²) in [4.78, 5) is 3.59. The third kappa shape index (κ3) is 2.94. The van der Waals surface area contributed by atoms with Gasteiger partial charge in [0.25, 0.3) is 0 Å². The first-order valence-electron chi connectivity index (χ1n) is 6.63. The smallest absolute Gasteiger partial charge is 0.433 e. The highest BCUT2D eigenvalue weighted by Gasteiger charge is 2.34. The van der Waals surface area contributed by atoms with Gasteiger partial charge in [-0.05, 0) is 24.3 Å². The highest BCUT2D eigenvalue weighted by Crippen LogP contribution is 2.36. The molecule has 0 amide bonds. The van der Waals surface area contributed by atoms with Crippen molar-refractivity contribution in [3.05, 3.63) is 65.9 Å². The van der Waals surface area contributed by atoms with E-state index in [0.717, 1.165) is 6.07 Å². The van der Waals surface area contributed by atoms with E-state index in [-0.39, 0.29) is 16.8 Å². The Kier molecular flexibility index (Phi) is 3.62. The minimum absolute atomic E-state index is 0.00521. The molecule has 0 fully saturated rings. The number of rotatable bonds is 2. The second-order valence-electron chi connectivity index (χ2n) is 4.73. The lowest BCUT2D eigenvalue weighted by atomic mass is 10.1. The molecule has 0 saturated carbocycles. The number of aromatic nitrogens is 1. The SMILES string of the molecule is N#Cc1cccc2c(Oc3ccccc3)cc(C(F)(F)F)nc12. The van der Waals surface area contributed by atoms with Crippen molar-refractivity contribution >= 4 is 10.9 Å². The van der Waals surface area contributed by atoms with E-state index in [4.69, 9.17) is 10.00 Å². The van der Waals surface area contributed by atoms with Gasteiger partial charge >= 0.3 is 6.18 Å². The number of hydrogen-bond donors (Lipinski definition) is 0. The van der Waals surface area contributed by atoms with Crippen molar-refractivity contribution in [2.24, 2.45) is 0 Å². The van der Waals surface area contributed by atoms with Crippen molar-refractivity contribution in [2.75, 3.05) is 0 Å². The van der Waals surface area contributed by atoms with E-state index in [1.54, 1.807) is 42.5 Å². The molecule has 0 N–H and O–H groups in total. The minimum atomic E-state index is -4.63. The lowest BCUT2D eigenvalue weighted by Gasteiger charge is -2.13. The number of nitrogens with zero attached hydrogens (tertiary/aromatic N) is 2. The molecule has 0 aliphatic carbocycles. The van der Waals surface area contributed by atoms with Crippen molar-refractivity contribution in [3.8, 4) is 17.6 Å². The quantitative estimate of drug-likeness (QED) is 0.674. The van der Waals surface area contributed by atoms with Crippen molar-refractivity contribution < 1.29 is 17.9 Å². The number of benzene rings is 2. The average Bonchev–Trinajstić information content (AvgIpc) is 2.54.